The molecular weight excluding hydrogens is 393 g/mol. The van der Waals surface area contributed by atoms with Crippen LogP contribution >= 0.6 is 0 Å². The van der Waals surface area contributed by atoms with Gasteiger partial charge in [0.05, 0.1) is 17.5 Å². The maximum Gasteiger partial charge on any atom is 0.318 e. The van der Waals surface area contributed by atoms with E-state index in [4.69, 9.17) is 15.7 Å². The van der Waals surface area contributed by atoms with Crippen LogP contribution < -0.4 is 10.1 Å². The molecule has 168 valence electrons. The largest absolute Gasteiger partial charge is 0.493 e. The average Bonchev–Trinajstić information content (AvgIpc) is 2.85. The van der Waals surface area contributed by atoms with E-state index >= 15 is 0 Å². The number of piperidine rings is 1. The summed E-state index contributed by atoms with van der Waals surface area (Å²) in [7, 11) is 1.96. The number of halogens is 1. The van der Waals surface area contributed by atoms with Gasteiger partial charge in [0.2, 0.25) is 0 Å². The molecule has 0 saturated carbocycles. The van der Waals surface area contributed by atoms with Crippen LogP contribution in [0.1, 0.15) is 48.8 Å². The summed E-state index contributed by atoms with van der Waals surface area (Å²) in [5.41, 5.74) is -0.0652. The monoisotopic (exact) mass is 435 g/mol. The second-order valence-corrected chi connectivity index (χ2v) is 7.92. The normalized spacial score (nSPS) is 19.8. The van der Waals surface area contributed by atoms with Crippen LogP contribution in [0.2, 0.25) is 0 Å². The summed E-state index contributed by atoms with van der Waals surface area (Å²) in [5.74, 6) is -1.74. The molecule has 0 atom stereocenters. The van der Waals surface area contributed by atoms with Gasteiger partial charge in [-0.3, -0.25) is 0 Å². The molecule has 0 unspecified atom stereocenters. The minimum atomic E-state index is -2.82. The SMILES string of the molecule is [2H]c1c([2H])c(C([2H])([2H])NC(=O)N(Cc2ccc(F)cc2)C2CCN(C)CC2)c([2H])c([2H])c1OC([2H])([2H])C(C)C. The van der Waals surface area contributed by atoms with Gasteiger partial charge >= 0.3 is 6.03 Å². The number of carbonyl (C=O) groups is 1. The summed E-state index contributed by atoms with van der Waals surface area (Å²) in [6.07, 6.45) is 1.25. The molecule has 1 N–H and O–H groups in total. The number of rotatable bonds is 8. The Bertz CT molecular complexity index is 1160. The standard InChI is InChI=1S/C25H34FN3O2/c1-19(2)18-31-24-10-6-20(7-11-24)16-27-25(30)29(23-12-14-28(3)15-13-23)17-21-4-8-22(26)9-5-21/h4-11,19,23H,12-18H2,1-3H3,(H,27,30)/i6D,7D,10D,11D,16D2,18D2. The first kappa shape index (κ1) is 14.5. The number of nitrogens with one attached hydrogen (secondary N) is 1. The van der Waals surface area contributed by atoms with Crippen LogP contribution in [0.15, 0.2) is 48.4 Å². The van der Waals surface area contributed by atoms with Gasteiger partial charge < -0.3 is 19.9 Å². The van der Waals surface area contributed by atoms with Crippen molar-refractivity contribution in [3.8, 4) is 5.75 Å². The van der Waals surface area contributed by atoms with Crippen molar-refractivity contribution >= 4 is 6.03 Å². The highest BCUT2D eigenvalue weighted by Crippen LogP contribution is 2.19. The van der Waals surface area contributed by atoms with Gasteiger partial charge in [-0.25, -0.2) is 9.18 Å². The van der Waals surface area contributed by atoms with Gasteiger partial charge in [0.25, 0.3) is 0 Å². The highest BCUT2D eigenvalue weighted by Gasteiger charge is 2.27. The van der Waals surface area contributed by atoms with Crippen LogP contribution in [0.4, 0.5) is 9.18 Å². The highest BCUT2D eigenvalue weighted by atomic mass is 19.1. The van der Waals surface area contributed by atoms with Crippen molar-refractivity contribution < 1.29 is 24.9 Å². The van der Waals surface area contributed by atoms with Crippen molar-refractivity contribution in [3.05, 3.63) is 65.4 Å². The second kappa shape index (κ2) is 11.1. The first-order valence-electron chi connectivity index (χ1n) is 14.4. The summed E-state index contributed by atoms with van der Waals surface area (Å²) in [6.45, 7) is -0.555. The Kier molecular flexibility index (Phi) is 5.20. The zero-order valence-corrected chi connectivity index (χ0v) is 18.1. The molecular formula is C25H34FN3O2. The quantitative estimate of drug-likeness (QED) is 0.656. The van der Waals surface area contributed by atoms with Gasteiger partial charge in [0.1, 0.15) is 11.6 Å². The molecule has 1 fully saturated rings. The van der Waals surface area contributed by atoms with E-state index in [0.29, 0.717) is 31.5 Å². The Hall–Kier alpha value is -2.60. The first-order chi connectivity index (χ1) is 18.0. The van der Waals surface area contributed by atoms with Gasteiger partial charge in [-0.1, -0.05) is 38.1 Å². The van der Waals surface area contributed by atoms with Crippen LogP contribution in [0.5, 0.6) is 5.75 Å². The number of likely N-dealkylation sites (tertiary alicyclic amines) is 1. The summed E-state index contributed by atoms with van der Waals surface area (Å²) < 4.78 is 85.0. The number of urea groups is 1. The number of ether oxygens (including phenoxy) is 1. The number of nitrogens with zero attached hydrogens (tertiary/aromatic N) is 2. The van der Waals surface area contributed by atoms with Crippen molar-refractivity contribution in [2.75, 3.05) is 26.7 Å². The van der Waals surface area contributed by atoms with Crippen LogP contribution in [0.3, 0.4) is 0 Å². The third kappa shape index (κ3) is 7.24. The maximum absolute atomic E-state index is 13.5. The Balaban J connectivity index is 1.95. The average molecular weight is 436 g/mol. The Morgan fingerprint density at radius 1 is 1.23 bits per heavy atom. The van der Waals surface area contributed by atoms with Gasteiger partial charge in [0, 0.05) is 19.1 Å². The Morgan fingerprint density at radius 2 is 1.87 bits per heavy atom. The van der Waals surface area contributed by atoms with Crippen molar-refractivity contribution in [2.45, 2.75) is 45.8 Å². The lowest BCUT2D eigenvalue weighted by Crippen LogP contribution is -2.49. The van der Waals surface area contributed by atoms with Crippen molar-refractivity contribution in [1.29, 1.82) is 0 Å². The lowest BCUT2D eigenvalue weighted by Gasteiger charge is -2.37. The lowest BCUT2D eigenvalue weighted by atomic mass is 10.0. The fraction of sp³-hybridized carbons (Fsp3) is 0.480. The van der Waals surface area contributed by atoms with Crippen LogP contribution in [-0.2, 0) is 13.0 Å². The molecule has 0 spiro atoms. The maximum atomic E-state index is 13.5. The van der Waals surface area contributed by atoms with Gasteiger partial charge in [-0.2, -0.15) is 0 Å². The van der Waals surface area contributed by atoms with Crippen LogP contribution in [0, 0.1) is 11.7 Å². The van der Waals surface area contributed by atoms with E-state index in [-0.39, 0.29) is 12.6 Å². The predicted molar refractivity (Wildman–Crippen MR) is 121 cm³/mol. The molecule has 31 heavy (non-hydrogen) atoms. The van der Waals surface area contributed by atoms with Crippen molar-refractivity contribution in [2.24, 2.45) is 5.92 Å². The molecule has 0 bridgehead atoms. The van der Waals surface area contributed by atoms with E-state index in [1.165, 1.54) is 43.0 Å². The molecule has 1 saturated heterocycles. The summed E-state index contributed by atoms with van der Waals surface area (Å²) in [5, 5.41) is 2.25. The summed E-state index contributed by atoms with van der Waals surface area (Å²) in [6, 6.07) is 1.46. The zero-order valence-electron chi connectivity index (χ0n) is 26.1. The second-order valence-electron chi connectivity index (χ2n) is 7.92. The number of carbonyl (C=O) groups excluding carboxylic acids is 1. The molecule has 3 rings (SSSR count). The molecule has 6 heteroatoms. The highest BCUT2D eigenvalue weighted by molar-refractivity contribution is 5.74. The molecule has 0 aliphatic carbocycles. The topological polar surface area (TPSA) is 44.8 Å². The van der Waals surface area contributed by atoms with Crippen molar-refractivity contribution in [1.82, 2.24) is 15.1 Å². The number of hydrogen-bond donors (Lipinski definition) is 1. The molecule has 1 heterocycles. The molecule has 1 aliphatic rings. The van der Waals surface area contributed by atoms with Crippen LogP contribution in [0.25, 0.3) is 0 Å². The van der Waals surface area contributed by atoms with Crippen LogP contribution in [-0.4, -0.2) is 48.6 Å². The molecule has 2 aromatic rings. The fourth-order valence-electron chi connectivity index (χ4n) is 3.24. The lowest BCUT2D eigenvalue weighted by molar-refractivity contribution is 0.127. The molecule has 2 aromatic carbocycles. The minimum Gasteiger partial charge on any atom is -0.493 e. The van der Waals surface area contributed by atoms with E-state index < -0.39 is 66.3 Å². The molecule has 0 aromatic heterocycles. The molecule has 5 nitrogen and oxygen atoms in total. The molecule has 2 amide bonds. The van der Waals surface area contributed by atoms with Gasteiger partial charge in [-0.05, 0) is 74.2 Å². The van der Waals surface area contributed by atoms with Crippen molar-refractivity contribution in [3.63, 3.8) is 0 Å². The number of amides is 2. The minimum absolute atomic E-state index is 0.0719. The predicted octanol–water partition coefficient (Wildman–Crippen LogP) is 4.67. The zero-order chi connectivity index (χ0) is 29.3. The Morgan fingerprint density at radius 3 is 2.48 bits per heavy atom. The third-order valence-corrected chi connectivity index (χ3v) is 4.95. The third-order valence-electron chi connectivity index (χ3n) is 4.95. The molecule has 0 radical (unpaired) electrons. The number of benzene rings is 2. The van der Waals surface area contributed by atoms with E-state index in [9.17, 15) is 9.18 Å². The van der Waals surface area contributed by atoms with E-state index in [1.807, 2.05) is 7.05 Å². The van der Waals surface area contributed by atoms with E-state index in [2.05, 4.69) is 10.2 Å². The summed E-state index contributed by atoms with van der Waals surface area (Å²) in [4.78, 5) is 17.1. The fourth-order valence-corrected chi connectivity index (χ4v) is 3.24. The molecule has 1 aliphatic heterocycles. The van der Waals surface area contributed by atoms with Gasteiger partial charge in [0.15, 0.2) is 0 Å². The number of hydrogen-bond acceptors (Lipinski definition) is 3. The smallest absolute Gasteiger partial charge is 0.318 e. The van der Waals surface area contributed by atoms with E-state index in [1.54, 1.807) is 0 Å². The first-order valence-corrected chi connectivity index (χ1v) is 10.4. The van der Waals surface area contributed by atoms with E-state index in [0.717, 1.165) is 0 Å². The summed E-state index contributed by atoms with van der Waals surface area (Å²) >= 11 is 0. The van der Waals surface area contributed by atoms with Gasteiger partial charge in [-0.15, -0.1) is 0 Å². The Labute approximate surface area is 196 Å².